The van der Waals surface area contributed by atoms with E-state index in [2.05, 4.69) is 56.7 Å². The van der Waals surface area contributed by atoms with Gasteiger partial charge in [-0.05, 0) is 61.1 Å². The molecule has 3 aromatic rings. The van der Waals surface area contributed by atoms with Gasteiger partial charge in [-0.3, -0.25) is 9.89 Å². The molecule has 5 nitrogen and oxygen atoms in total. The Morgan fingerprint density at radius 1 is 1.16 bits per heavy atom. The van der Waals surface area contributed by atoms with Gasteiger partial charge >= 0.3 is 0 Å². The van der Waals surface area contributed by atoms with Crippen LogP contribution < -0.4 is 10.6 Å². The first-order valence-electron chi connectivity index (χ1n) is 11.1. The van der Waals surface area contributed by atoms with Crippen LogP contribution in [0.25, 0.3) is 10.9 Å². The molecule has 1 aromatic heterocycles. The molecule has 0 bridgehead atoms. The molecule has 164 valence electrons. The van der Waals surface area contributed by atoms with E-state index in [0.717, 1.165) is 67.9 Å². The minimum absolute atomic E-state index is 0.201. The number of aliphatic imine (C=N–C) groups is 1. The lowest BCUT2D eigenvalue weighted by Crippen LogP contribution is -2.48. The van der Waals surface area contributed by atoms with Crippen molar-refractivity contribution in [2.45, 2.75) is 38.8 Å². The fourth-order valence-corrected chi connectivity index (χ4v) is 4.32. The molecule has 0 saturated carbocycles. The Kier molecular flexibility index (Phi) is 6.87. The quantitative estimate of drug-likeness (QED) is 0.417. The largest absolute Gasteiger partial charge is 0.361 e. The van der Waals surface area contributed by atoms with Crippen LogP contribution in [0.4, 0.5) is 4.39 Å². The van der Waals surface area contributed by atoms with Crippen molar-refractivity contribution in [1.29, 1.82) is 0 Å². The third-order valence-corrected chi connectivity index (χ3v) is 6.22. The van der Waals surface area contributed by atoms with Crippen LogP contribution in [0.2, 0.25) is 0 Å². The molecule has 1 aliphatic rings. The van der Waals surface area contributed by atoms with Gasteiger partial charge in [0.25, 0.3) is 0 Å². The number of hydrogen-bond donors (Lipinski definition) is 3. The zero-order chi connectivity index (χ0) is 21.6. The topological polar surface area (TPSA) is 55.5 Å². The van der Waals surface area contributed by atoms with Crippen LogP contribution in [0.1, 0.15) is 29.5 Å². The SMILES string of the molecule is CN=C(NCCc1c[nH]c2ccc(F)cc12)NC1CCN(Cc2ccccc2C)CC1. The molecule has 0 aliphatic carbocycles. The van der Waals surface area contributed by atoms with Crippen LogP contribution in [-0.4, -0.2) is 48.6 Å². The van der Waals surface area contributed by atoms with E-state index in [4.69, 9.17) is 0 Å². The molecule has 4 rings (SSSR count). The number of aromatic amines is 1. The Morgan fingerprint density at radius 3 is 2.74 bits per heavy atom. The Hall–Kier alpha value is -2.86. The normalized spacial score (nSPS) is 16.0. The van der Waals surface area contributed by atoms with Crippen LogP contribution in [0, 0.1) is 12.7 Å². The number of likely N-dealkylation sites (tertiary alicyclic amines) is 1. The summed E-state index contributed by atoms with van der Waals surface area (Å²) in [5, 5.41) is 7.93. The van der Waals surface area contributed by atoms with Gasteiger partial charge in [0.05, 0.1) is 0 Å². The van der Waals surface area contributed by atoms with Gasteiger partial charge in [0, 0.05) is 56.4 Å². The fourth-order valence-electron chi connectivity index (χ4n) is 4.32. The van der Waals surface area contributed by atoms with E-state index in [-0.39, 0.29) is 5.82 Å². The first-order chi connectivity index (χ1) is 15.1. The number of H-pyrrole nitrogens is 1. The molecule has 31 heavy (non-hydrogen) atoms. The van der Waals surface area contributed by atoms with Crippen molar-refractivity contribution in [2.24, 2.45) is 4.99 Å². The molecule has 0 amide bonds. The van der Waals surface area contributed by atoms with Crippen molar-refractivity contribution in [3.05, 3.63) is 71.2 Å². The summed E-state index contributed by atoms with van der Waals surface area (Å²) in [6.07, 6.45) is 4.98. The van der Waals surface area contributed by atoms with Crippen LogP contribution >= 0.6 is 0 Å². The maximum absolute atomic E-state index is 13.6. The summed E-state index contributed by atoms with van der Waals surface area (Å²) in [5.74, 6) is 0.635. The van der Waals surface area contributed by atoms with E-state index in [1.807, 2.05) is 13.2 Å². The Balaban J connectivity index is 1.22. The zero-order valence-electron chi connectivity index (χ0n) is 18.4. The molecule has 0 atom stereocenters. The highest BCUT2D eigenvalue weighted by Crippen LogP contribution is 2.20. The second-order valence-electron chi connectivity index (χ2n) is 8.37. The highest BCUT2D eigenvalue weighted by atomic mass is 19.1. The van der Waals surface area contributed by atoms with Crippen LogP contribution in [-0.2, 0) is 13.0 Å². The summed E-state index contributed by atoms with van der Waals surface area (Å²) < 4.78 is 13.6. The number of guanidine groups is 1. The van der Waals surface area contributed by atoms with E-state index in [1.165, 1.54) is 17.2 Å². The second-order valence-corrected chi connectivity index (χ2v) is 8.37. The van der Waals surface area contributed by atoms with Crippen molar-refractivity contribution in [1.82, 2.24) is 20.5 Å². The van der Waals surface area contributed by atoms with E-state index in [9.17, 15) is 4.39 Å². The third-order valence-electron chi connectivity index (χ3n) is 6.22. The number of nitrogens with zero attached hydrogens (tertiary/aromatic N) is 2. The molecule has 3 N–H and O–H groups in total. The van der Waals surface area contributed by atoms with Gasteiger partial charge in [-0.25, -0.2) is 4.39 Å². The van der Waals surface area contributed by atoms with E-state index < -0.39 is 0 Å². The molecular formula is C25H32FN5. The van der Waals surface area contributed by atoms with Gasteiger partial charge in [0.15, 0.2) is 5.96 Å². The molecular weight excluding hydrogens is 389 g/mol. The molecule has 1 saturated heterocycles. The van der Waals surface area contributed by atoms with Crippen LogP contribution in [0.3, 0.4) is 0 Å². The Bertz CT molecular complexity index is 1030. The molecule has 2 heterocycles. The number of fused-ring (bicyclic) bond motifs is 1. The Morgan fingerprint density at radius 2 is 1.97 bits per heavy atom. The van der Waals surface area contributed by atoms with Gasteiger partial charge in [-0.15, -0.1) is 0 Å². The monoisotopic (exact) mass is 421 g/mol. The molecule has 0 radical (unpaired) electrons. The second kappa shape index (κ2) is 9.96. The van der Waals surface area contributed by atoms with Crippen molar-refractivity contribution in [3.8, 4) is 0 Å². The Labute approximate surface area is 183 Å². The molecule has 1 aliphatic heterocycles. The average molecular weight is 422 g/mol. The van der Waals surface area contributed by atoms with Gasteiger partial charge < -0.3 is 15.6 Å². The average Bonchev–Trinajstić information content (AvgIpc) is 3.18. The number of benzene rings is 2. The van der Waals surface area contributed by atoms with E-state index in [1.54, 1.807) is 12.1 Å². The number of halogens is 1. The molecule has 0 unspecified atom stereocenters. The zero-order valence-corrected chi connectivity index (χ0v) is 18.4. The highest BCUT2D eigenvalue weighted by molar-refractivity contribution is 5.83. The minimum Gasteiger partial charge on any atom is -0.361 e. The number of aromatic nitrogens is 1. The number of piperidine rings is 1. The van der Waals surface area contributed by atoms with Crippen LogP contribution in [0.15, 0.2) is 53.7 Å². The third kappa shape index (κ3) is 5.44. The standard InChI is InChI=1S/C25H32FN5/c1-18-5-3-4-6-20(18)17-31-13-10-22(11-14-31)30-25(27-2)28-12-9-19-16-29-24-8-7-21(26)15-23(19)24/h3-8,15-16,22,29H,9-14,17H2,1-2H3,(H2,27,28,30). The summed E-state index contributed by atoms with van der Waals surface area (Å²) in [5.41, 5.74) is 4.87. The number of hydrogen-bond acceptors (Lipinski definition) is 2. The van der Waals surface area contributed by atoms with Gasteiger partial charge in [-0.1, -0.05) is 24.3 Å². The molecule has 2 aromatic carbocycles. The van der Waals surface area contributed by atoms with E-state index >= 15 is 0 Å². The lowest BCUT2D eigenvalue weighted by molar-refractivity contribution is 0.198. The number of aryl methyl sites for hydroxylation is 1. The van der Waals surface area contributed by atoms with E-state index in [0.29, 0.717) is 6.04 Å². The minimum atomic E-state index is -0.201. The maximum atomic E-state index is 13.6. The van der Waals surface area contributed by atoms with Gasteiger partial charge in [-0.2, -0.15) is 0 Å². The van der Waals surface area contributed by atoms with Gasteiger partial charge in [0.1, 0.15) is 5.82 Å². The number of nitrogens with one attached hydrogen (secondary N) is 3. The summed E-state index contributed by atoms with van der Waals surface area (Å²) in [4.78, 5) is 10.1. The van der Waals surface area contributed by atoms with Crippen molar-refractivity contribution in [2.75, 3.05) is 26.7 Å². The van der Waals surface area contributed by atoms with Crippen LogP contribution in [0.5, 0.6) is 0 Å². The van der Waals surface area contributed by atoms with Crippen molar-refractivity contribution in [3.63, 3.8) is 0 Å². The lowest BCUT2D eigenvalue weighted by atomic mass is 10.0. The fraction of sp³-hybridized carbons (Fsp3) is 0.400. The van der Waals surface area contributed by atoms with Crippen molar-refractivity contribution < 1.29 is 4.39 Å². The number of rotatable bonds is 6. The summed E-state index contributed by atoms with van der Waals surface area (Å²) in [7, 11) is 1.81. The predicted molar refractivity (Wildman–Crippen MR) is 126 cm³/mol. The molecule has 6 heteroatoms. The van der Waals surface area contributed by atoms with Crippen molar-refractivity contribution >= 4 is 16.9 Å². The summed E-state index contributed by atoms with van der Waals surface area (Å²) in [6.45, 7) is 6.13. The lowest BCUT2D eigenvalue weighted by Gasteiger charge is -2.33. The predicted octanol–water partition coefficient (Wildman–Crippen LogP) is 3.99. The molecule has 0 spiro atoms. The van der Waals surface area contributed by atoms with Gasteiger partial charge in [0.2, 0.25) is 0 Å². The summed E-state index contributed by atoms with van der Waals surface area (Å²) in [6, 6.07) is 13.9. The maximum Gasteiger partial charge on any atom is 0.191 e. The first kappa shape index (κ1) is 21.4. The highest BCUT2D eigenvalue weighted by Gasteiger charge is 2.20. The summed E-state index contributed by atoms with van der Waals surface area (Å²) >= 11 is 0. The first-order valence-corrected chi connectivity index (χ1v) is 11.1. The molecule has 1 fully saturated rings. The smallest absolute Gasteiger partial charge is 0.191 e.